The Labute approximate surface area is 371 Å². The molecular weight excluding hydrogens is 811 g/mol. The van der Waals surface area contributed by atoms with Crippen LogP contribution in [0.3, 0.4) is 0 Å². The van der Waals surface area contributed by atoms with Gasteiger partial charge in [-0.25, -0.2) is 19.6 Å². The maximum atomic E-state index is 14.2. The first-order valence-electron chi connectivity index (χ1n) is 21.5. The summed E-state index contributed by atoms with van der Waals surface area (Å²) in [5, 5.41) is 19.7. The van der Waals surface area contributed by atoms with Gasteiger partial charge < -0.3 is 34.9 Å². The van der Waals surface area contributed by atoms with Gasteiger partial charge in [-0.1, -0.05) is 80.6 Å². The second-order valence-electron chi connectivity index (χ2n) is 17.2. The summed E-state index contributed by atoms with van der Waals surface area (Å²) in [5.74, 6) is 0.798. The van der Waals surface area contributed by atoms with Crippen molar-refractivity contribution in [2.75, 3.05) is 27.3 Å². The van der Waals surface area contributed by atoms with Crippen molar-refractivity contribution >= 4 is 46.3 Å². The summed E-state index contributed by atoms with van der Waals surface area (Å²) >= 11 is 0. The van der Waals surface area contributed by atoms with E-state index in [-0.39, 0.29) is 30.3 Å². The second-order valence-corrected chi connectivity index (χ2v) is 17.2. The lowest BCUT2D eigenvalue weighted by Crippen LogP contribution is -2.87. The number of aliphatic imine (C=N–C) groups is 1. The highest BCUT2D eigenvalue weighted by Gasteiger charge is 2.47. The van der Waals surface area contributed by atoms with E-state index < -0.39 is 35.7 Å². The number of nitrogens with zero attached hydrogens (tertiary/aromatic N) is 5. The molecule has 8 rings (SSSR count). The summed E-state index contributed by atoms with van der Waals surface area (Å²) < 4.78 is 9.62. The van der Waals surface area contributed by atoms with Gasteiger partial charge in [-0.3, -0.25) is 14.9 Å². The van der Waals surface area contributed by atoms with Crippen LogP contribution >= 0.6 is 0 Å². The maximum Gasteiger partial charge on any atom is 0.407 e. The van der Waals surface area contributed by atoms with Crippen molar-refractivity contribution in [3.05, 3.63) is 120 Å². The lowest BCUT2D eigenvalue weighted by atomic mass is 9.90. The Morgan fingerprint density at radius 1 is 0.844 bits per heavy atom. The molecule has 4 amide bonds. The topological polar surface area (TPSA) is 199 Å². The molecule has 328 valence electrons. The number of alkyl carbamates (subject to hydrolysis) is 2. The third kappa shape index (κ3) is 8.82. The van der Waals surface area contributed by atoms with Crippen molar-refractivity contribution < 1.29 is 34.0 Å². The number of nitrogens with two attached hydrogens (primary N) is 1. The van der Waals surface area contributed by atoms with Crippen LogP contribution in [0, 0.1) is 22.7 Å². The van der Waals surface area contributed by atoms with E-state index in [1.165, 1.54) is 14.2 Å². The Bertz CT molecular complexity index is 2690. The van der Waals surface area contributed by atoms with Crippen molar-refractivity contribution in [3.63, 3.8) is 0 Å². The number of imidazole rings is 1. The zero-order valence-electron chi connectivity index (χ0n) is 36.5. The zero-order valence-corrected chi connectivity index (χ0v) is 36.5. The molecule has 3 aliphatic heterocycles. The SMILES string of the molecule is COC(=O)NC(C(=O)N1CC(C)(C#N)CC1c1ncc(-c2ccc3cc(-c4ccc(C5=CN=C(C6CCCN6C(=O)C(NC(=O)OC)C(C)C)[NH2+]5)cc4)ccc3c2)[nH]1)c1ccccc1. The summed E-state index contributed by atoms with van der Waals surface area (Å²) in [6.45, 7) is 6.41. The molecule has 5 N–H and O–H groups in total. The Morgan fingerprint density at radius 3 is 2.19 bits per heavy atom. The molecule has 5 unspecified atom stereocenters. The largest absolute Gasteiger partial charge is 0.453 e. The van der Waals surface area contributed by atoms with Gasteiger partial charge in [0.05, 0.1) is 49.8 Å². The van der Waals surface area contributed by atoms with E-state index >= 15 is 0 Å². The van der Waals surface area contributed by atoms with E-state index in [4.69, 9.17) is 19.5 Å². The van der Waals surface area contributed by atoms with Crippen molar-refractivity contribution in [2.45, 2.75) is 64.2 Å². The number of amidine groups is 1. The Kier molecular flexibility index (Phi) is 12.3. The minimum Gasteiger partial charge on any atom is -0.453 e. The Hall–Kier alpha value is -7.31. The van der Waals surface area contributed by atoms with Crippen LogP contribution in [0.5, 0.6) is 0 Å². The molecule has 5 aromatic rings. The lowest BCUT2D eigenvalue weighted by Gasteiger charge is -2.29. The normalized spacial score (nSPS) is 20.3. The lowest BCUT2D eigenvalue weighted by molar-refractivity contribution is -0.435. The third-order valence-electron chi connectivity index (χ3n) is 12.5. The monoisotopic (exact) mass is 862 g/mol. The van der Waals surface area contributed by atoms with Crippen LogP contribution in [0.1, 0.15) is 69.1 Å². The fraction of sp³-hybridized carbons (Fsp3) is 0.327. The molecule has 0 aliphatic carbocycles. The average Bonchev–Trinajstić information content (AvgIpc) is 4.16. The number of carbonyl (C=O) groups is 4. The average molecular weight is 863 g/mol. The van der Waals surface area contributed by atoms with Gasteiger partial charge in [0, 0.05) is 24.2 Å². The summed E-state index contributed by atoms with van der Waals surface area (Å²) in [4.78, 5) is 68.6. The van der Waals surface area contributed by atoms with Gasteiger partial charge in [0.25, 0.3) is 5.91 Å². The van der Waals surface area contributed by atoms with Crippen LogP contribution in [0.25, 0.3) is 38.9 Å². The fourth-order valence-corrected chi connectivity index (χ4v) is 8.95. The predicted molar refractivity (Wildman–Crippen MR) is 241 cm³/mol. The fourth-order valence-electron chi connectivity index (χ4n) is 8.95. The number of quaternary nitrogens is 1. The van der Waals surface area contributed by atoms with Crippen LogP contribution < -0.4 is 16.0 Å². The summed E-state index contributed by atoms with van der Waals surface area (Å²) in [7, 11) is 2.54. The van der Waals surface area contributed by atoms with Gasteiger partial charge in [0.15, 0.2) is 5.70 Å². The maximum absolute atomic E-state index is 14.2. The smallest absolute Gasteiger partial charge is 0.407 e. The van der Waals surface area contributed by atoms with E-state index in [1.54, 1.807) is 35.4 Å². The molecule has 4 heterocycles. The van der Waals surface area contributed by atoms with Crippen molar-refractivity contribution in [3.8, 4) is 28.5 Å². The van der Waals surface area contributed by atoms with Gasteiger partial charge in [0.2, 0.25) is 11.7 Å². The Morgan fingerprint density at radius 2 is 1.50 bits per heavy atom. The predicted octanol–water partition coefficient (Wildman–Crippen LogP) is 6.44. The number of aromatic amines is 1. The summed E-state index contributed by atoms with van der Waals surface area (Å²) in [6.07, 6.45) is 4.27. The standard InChI is InChI=1S/C49H51N9O6/c1-29(2)41(55-47(61)63-4)45(59)57-21-9-12-39(57)43-51-25-37(53-43)31-15-13-30(14-16-31)33-17-18-35-23-36(20-19-34(35)22-33)38-26-52-44(54-38)40-24-49(3,27-50)28-58(40)46(60)42(56-48(62)64-5)32-10-7-6-8-11-32/h6-8,10-11,13-20,22-23,25-26,29,39-42H,9,12,21,24,28H2,1-5H3,(H,51,53)(H,52,54)(H,55,61)(H,56,62)/p+1. The first-order valence-corrected chi connectivity index (χ1v) is 21.5. The number of hydrogen-bond donors (Lipinski definition) is 4. The minimum absolute atomic E-state index is 0.106. The number of amides is 4. The second kappa shape index (κ2) is 18.2. The van der Waals surface area contributed by atoms with Gasteiger partial charge >= 0.3 is 12.2 Å². The number of benzene rings is 4. The number of rotatable bonds is 11. The van der Waals surface area contributed by atoms with E-state index in [0.29, 0.717) is 24.4 Å². The molecule has 5 atom stereocenters. The molecule has 1 aromatic heterocycles. The number of hydrogen-bond acceptors (Lipinski definition) is 9. The van der Waals surface area contributed by atoms with E-state index in [1.807, 2.05) is 44.0 Å². The van der Waals surface area contributed by atoms with E-state index in [0.717, 1.165) is 63.1 Å². The molecule has 3 aliphatic rings. The van der Waals surface area contributed by atoms with Gasteiger partial charge in [-0.15, -0.1) is 0 Å². The number of aromatic nitrogens is 2. The molecular formula is C49H52N9O6+. The quantitative estimate of drug-likeness (QED) is 0.116. The number of carbonyl (C=O) groups excluding carboxylic acids is 4. The van der Waals surface area contributed by atoms with E-state index in [9.17, 15) is 24.4 Å². The van der Waals surface area contributed by atoms with Crippen LogP contribution in [0.2, 0.25) is 0 Å². The molecule has 2 fully saturated rings. The first kappa shape index (κ1) is 43.3. The minimum atomic E-state index is -1.02. The van der Waals surface area contributed by atoms with Crippen molar-refractivity contribution in [1.82, 2.24) is 30.4 Å². The Balaban J connectivity index is 0.945. The molecule has 4 aromatic carbocycles. The summed E-state index contributed by atoms with van der Waals surface area (Å²) in [5.41, 5.74) is 5.59. The molecule has 0 spiro atoms. The highest BCUT2D eigenvalue weighted by molar-refractivity contribution is 5.94. The van der Waals surface area contributed by atoms with Crippen LogP contribution in [0.4, 0.5) is 9.59 Å². The van der Waals surface area contributed by atoms with Crippen molar-refractivity contribution in [2.24, 2.45) is 16.3 Å². The first-order chi connectivity index (χ1) is 30.9. The number of methoxy groups -OCH3 is 2. The van der Waals surface area contributed by atoms with Crippen LogP contribution in [-0.2, 0) is 19.1 Å². The van der Waals surface area contributed by atoms with Crippen molar-refractivity contribution in [1.29, 1.82) is 5.26 Å². The number of nitrogens with one attached hydrogen (secondary N) is 3. The number of fused-ring (bicyclic) bond motifs is 1. The summed E-state index contributed by atoms with van der Waals surface area (Å²) in [6, 6.07) is 29.9. The zero-order chi connectivity index (χ0) is 45.1. The molecule has 2 saturated heterocycles. The molecule has 64 heavy (non-hydrogen) atoms. The highest BCUT2D eigenvalue weighted by atomic mass is 16.5. The van der Waals surface area contributed by atoms with Gasteiger partial charge in [-0.2, -0.15) is 5.26 Å². The highest BCUT2D eigenvalue weighted by Crippen LogP contribution is 2.43. The molecule has 0 bridgehead atoms. The van der Waals surface area contributed by atoms with Crippen LogP contribution in [0.15, 0.2) is 108 Å². The van der Waals surface area contributed by atoms with E-state index in [2.05, 4.69) is 81.6 Å². The van der Waals surface area contributed by atoms with Crippen LogP contribution in [-0.4, -0.2) is 89.0 Å². The third-order valence-corrected chi connectivity index (χ3v) is 12.5. The molecule has 15 nitrogen and oxygen atoms in total. The molecule has 0 saturated carbocycles. The van der Waals surface area contributed by atoms with Gasteiger partial charge in [-0.05, 0) is 83.8 Å². The van der Waals surface area contributed by atoms with Gasteiger partial charge in [0.1, 0.15) is 23.9 Å². The molecule has 15 heteroatoms. The number of likely N-dealkylation sites (tertiary alicyclic amines) is 2. The molecule has 0 radical (unpaired) electrons. The number of H-pyrrole nitrogens is 1. The number of ether oxygens (including phenoxy) is 2. The number of nitriles is 1.